The van der Waals surface area contributed by atoms with Gasteiger partial charge in [0.2, 0.25) is 0 Å². The molecule has 0 saturated carbocycles. The van der Waals surface area contributed by atoms with Crippen LogP contribution >= 0.6 is 27.3 Å². The number of ether oxygens (including phenoxy) is 2. The average Bonchev–Trinajstić information content (AvgIpc) is 2.82. The number of rotatable bonds is 7. The van der Waals surface area contributed by atoms with E-state index in [0.717, 1.165) is 31.0 Å². The lowest BCUT2D eigenvalue weighted by atomic mass is 10.1. The molecule has 1 N–H and O–H groups in total. The minimum Gasteiger partial charge on any atom is -0.493 e. The molecule has 0 aliphatic heterocycles. The molecule has 0 amide bonds. The summed E-state index contributed by atoms with van der Waals surface area (Å²) in [5.41, 5.74) is 1.24. The van der Waals surface area contributed by atoms with Gasteiger partial charge in [0.05, 0.1) is 14.2 Å². The van der Waals surface area contributed by atoms with Gasteiger partial charge in [-0.1, -0.05) is 6.07 Å². The summed E-state index contributed by atoms with van der Waals surface area (Å²) in [5.74, 6) is 1.56. The molecule has 5 heteroatoms. The Morgan fingerprint density at radius 1 is 1.14 bits per heavy atom. The van der Waals surface area contributed by atoms with Gasteiger partial charge in [0.15, 0.2) is 11.5 Å². The van der Waals surface area contributed by atoms with Crippen molar-refractivity contribution in [2.24, 2.45) is 0 Å². The molecule has 0 saturated heterocycles. The van der Waals surface area contributed by atoms with Gasteiger partial charge in [0.25, 0.3) is 0 Å². The first-order chi connectivity index (χ1) is 10.1. The van der Waals surface area contributed by atoms with E-state index in [9.17, 15) is 0 Å². The standard InChI is InChI=1S/C16H20BrNO2S/c1-11-14(17)9-13(21-11)10-18-7-6-12-4-5-15(19-2)16(8-12)20-3/h4-5,8-9,18H,6-7,10H2,1-3H3. The molecule has 0 aliphatic rings. The van der Waals surface area contributed by atoms with Crippen molar-refractivity contribution >= 4 is 27.3 Å². The maximum atomic E-state index is 5.32. The van der Waals surface area contributed by atoms with E-state index >= 15 is 0 Å². The highest BCUT2D eigenvalue weighted by molar-refractivity contribution is 9.10. The van der Waals surface area contributed by atoms with Crippen LogP contribution in [0.3, 0.4) is 0 Å². The molecule has 0 unspecified atom stereocenters. The van der Waals surface area contributed by atoms with Crippen LogP contribution in [0, 0.1) is 6.92 Å². The number of benzene rings is 1. The van der Waals surface area contributed by atoms with Crippen LogP contribution in [0.4, 0.5) is 0 Å². The predicted octanol–water partition coefficient (Wildman–Crippen LogP) is 4.17. The Bertz CT molecular complexity index is 578. The van der Waals surface area contributed by atoms with Gasteiger partial charge in [-0.15, -0.1) is 11.3 Å². The molecular weight excluding hydrogens is 350 g/mol. The highest BCUT2D eigenvalue weighted by Crippen LogP contribution is 2.28. The maximum absolute atomic E-state index is 5.32. The Morgan fingerprint density at radius 3 is 2.52 bits per heavy atom. The lowest BCUT2D eigenvalue weighted by molar-refractivity contribution is 0.354. The minimum absolute atomic E-state index is 0.771. The highest BCUT2D eigenvalue weighted by Gasteiger charge is 2.05. The topological polar surface area (TPSA) is 30.5 Å². The van der Waals surface area contributed by atoms with Crippen LogP contribution in [0.2, 0.25) is 0 Å². The molecule has 2 rings (SSSR count). The first kappa shape index (κ1) is 16.3. The molecule has 0 radical (unpaired) electrons. The van der Waals surface area contributed by atoms with E-state index in [2.05, 4.69) is 40.3 Å². The van der Waals surface area contributed by atoms with E-state index in [0.29, 0.717) is 0 Å². The monoisotopic (exact) mass is 369 g/mol. The van der Waals surface area contributed by atoms with Crippen LogP contribution in [-0.2, 0) is 13.0 Å². The molecule has 114 valence electrons. The van der Waals surface area contributed by atoms with Crippen molar-refractivity contribution in [1.82, 2.24) is 5.32 Å². The van der Waals surface area contributed by atoms with Gasteiger partial charge in [0, 0.05) is 20.8 Å². The molecule has 2 aromatic rings. The van der Waals surface area contributed by atoms with E-state index in [1.807, 2.05) is 23.5 Å². The van der Waals surface area contributed by atoms with Crippen molar-refractivity contribution in [2.45, 2.75) is 19.9 Å². The SMILES string of the molecule is COc1ccc(CCNCc2cc(Br)c(C)s2)cc1OC. The van der Waals surface area contributed by atoms with Gasteiger partial charge in [-0.2, -0.15) is 0 Å². The van der Waals surface area contributed by atoms with Crippen molar-refractivity contribution in [2.75, 3.05) is 20.8 Å². The molecule has 0 atom stereocenters. The first-order valence-electron chi connectivity index (χ1n) is 6.80. The van der Waals surface area contributed by atoms with Crippen LogP contribution in [0.1, 0.15) is 15.3 Å². The van der Waals surface area contributed by atoms with Gasteiger partial charge < -0.3 is 14.8 Å². The zero-order chi connectivity index (χ0) is 15.2. The van der Waals surface area contributed by atoms with Crippen LogP contribution in [0.25, 0.3) is 0 Å². The zero-order valence-corrected chi connectivity index (χ0v) is 14.9. The number of thiophene rings is 1. The fourth-order valence-electron chi connectivity index (χ4n) is 2.09. The van der Waals surface area contributed by atoms with Gasteiger partial charge in [0.1, 0.15) is 0 Å². The molecule has 1 aromatic carbocycles. The van der Waals surface area contributed by atoms with E-state index in [1.165, 1.54) is 19.8 Å². The molecule has 3 nitrogen and oxygen atoms in total. The quantitative estimate of drug-likeness (QED) is 0.742. The van der Waals surface area contributed by atoms with Crippen LogP contribution in [0.15, 0.2) is 28.7 Å². The van der Waals surface area contributed by atoms with Gasteiger partial charge in [-0.3, -0.25) is 0 Å². The highest BCUT2D eigenvalue weighted by atomic mass is 79.9. The lowest BCUT2D eigenvalue weighted by Gasteiger charge is -2.09. The number of hydrogen-bond acceptors (Lipinski definition) is 4. The first-order valence-corrected chi connectivity index (χ1v) is 8.41. The van der Waals surface area contributed by atoms with E-state index in [-0.39, 0.29) is 0 Å². The summed E-state index contributed by atoms with van der Waals surface area (Å²) in [6.07, 6.45) is 0.964. The van der Waals surface area contributed by atoms with Crippen LogP contribution in [-0.4, -0.2) is 20.8 Å². The molecule has 21 heavy (non-hydrogen) atoms. The second-order valence-electron chi connectivity index (χ2n) is 4.73. The largest absolute Gasteiger partial charge is 0.493 e. The summed E-state index contributed by atoms with van der Waals surface area (Å²) < 4.78 is 11.8. The Morgan fingerprint density at radius 2 is 1.90 bits per heavy atom. The molecular formula is C16H20BrNO2S. The third kappa shape index (κ3) is 4.46. The molecule has 0 fully saturated rings. The van der Waals surface area contributed by atoms with Crippen molar-refractivity contribution < 1.29 is 9.47 Å². The molecule has 1 aromatic heterocycles. The predicted molar refractivity (Wildman–Crippen MR) is 91.7 cm³/mol. The average molecular weight is 370 g/mol. The summed E-state index contributed by atoms with van der Waals surface area (Å²) >= 11 is 5.37. The molecule has 1 heterocycles. The van der Waals surface area contributed by atoms with Crippen molar-refractivity contribution in [3.8, 4) is 11.5 Å². The Hall–Kier alpha value is -1.04. The lowest BCUT2D eigenvalue weighted by Crippen LogP contribution is -2.16. The maximum Gasteiger partial charge on any atom is 0.160 e. The molecule has 0 aliphatic carbocycles. The second kappa shape index (κ2) is 7.82. The second-order valence-corrected chi connectivity index (χ2v) is 6.93. The third-order valence-electron chi connectivity index (χ3n) is 3.25. The van der Waals surface area contributed by atoms with Crippen molar-refractivity contribution in [1.29, 1.82) is 0 Å². The summed E-state index contributed by atoms with van der Waals surface area (Å²) in [4.78, 5) is 2.68. The van der Waals surface area contributed by atoms with E-state index in [1.54, 1.807) is 14.2 Å². The number of methoxy groups -OCH3 is 2. The van der Waals surface area contributed by atoms with Crippen LogP contribution < -0.4 is 14.8 Å². The van der Waals surface area contributed by atoms with E-state index in [4.69, 9.17) is 9.47 Å². The summed E-state index contributed by atoms with van der Waals surface area (Å²) in [6.45, 7) is 3.97. The van der Waals surface area contributed by atoms with Crippen molar-refractivity contribution in [3.63, 3.8) is 0 Å². The number of hydrogen-bond donors (Lipinski definition) is 1. The van der Waals surface area contributed by atoms with E-state index < -0.39 is 0 Å². The normalized spacial score (nSPS) is 10.7. The van der Waals surface area contributed by atoms with Gasteiger partial charge >= 0.3 is 0 Å². The summed E-state index contributed by atoms with van der Waals surface area (Å²) in [7, 11) is 3.32. The van der Waals surface area contributed by atoms with Gasteiger partial charge in [-0.25, -0.2) is 0 Å². The fraction of sp³-hybridized carbons (Fsp3) is 0.375. The van der Waals surface area contributed by atoms with Crippen molar-refractivity contribution in [3.05, 3.63) is 44.1 Å². The molecule has 0 spiro atoms. The summed E-state index contributed by atoms with van der Waals surface area (Å²) in [5, 5.41) is 3.47. The minimum atomic E-state index is 0.771. The van der Waals surface area contributed by atoms with Gasteiger partial charge in [-0.05, 0) is 59.6 Å². The fourth-order valence-corrected chi connectivity index (χ4v) is 3.66. The molecule has 0 bridgehead atoms. The number of nitrogens with one attached hydrogen (secondary N) is 1. The third-order valence-corrected chi connectivity index (χ3v) is 5.38. The van der Waals surface area contributed by atoms with Crippen LogP contribution in [0.5, 0.6) is 11.5 Å². The Labute approximate surface area is 138 Å². The summed E-state index contributed by atoms with van der Waals surface area (Å²) in [6, 6.07) is 8.25. The Kier molecular flexibility index (Phi) is 6.08. The number of halogens is 1. The number of aryl methyl sites for hydroxylation is 1. The zero-order valence-electron chi connectivity index (χ0n) is 12.5. The smallest absolute Gasteiger partial charge is 0.160 e. The Balaban J connectivity index is 1.83.